The maximum Gasteiger partial charge on any atom is 1.00 e. The fourth-order valence-electron chi connectivity index (χ4n) is 2.43. The molecule has 0 radical (unpaired) electrons. The number of amides is 1. The largest absolute Gasteiger partial charge is 1.00 e. The summed E-state index contributed by atoms with van der Waals surface area (Å²) in [7, 11) is -4.59. The van der Waals surface area contributed by atoms with E-state index >= 15 is 0 Å². The predicted molar refractivity (Wildman–Crippen MR) is 75.6 cm³/mol. The first-order valence-corrected chi connectivity index (χ1v) is 8.42. The smallest absolute Gasteiger partial charge is 0.862 e. The zero-order valence-electron chi connectivity index (χ0n) is 13.1. The van der Waals surface area contributed by atoms with Crippen LogP contribution in [-0.2, 0) is 19.9 Å². The maximum absolute atomic E-state index is 11.6. The van der Waals surface area contributed by atoms with Crippen molar-refractivity contribution in [3.8, 4) is 0 Å². The molecule has 0 unspecified atom stereocenters. The topological polar surface area (TPSA) is 132 Å². The molecule has 124 valence electrons. The molecule has 0 aromatic heterocycles. The van der Waals surface area contributed by atoms with Crippen molar-refractivity contribution in [3.05, 3.63) is 0 Å². The molecule has 11 heteroatoms. The summed E-state index contributed by atoms with van der Waals surface area (Å²) in [6.07, 6.45) is 3.99. The quantitative estimate of drug-likeness (QED) is 0.1000. The van der Waals surface area contributed by atoms with Gasteiger partial charge in [0, 0.05) is 6.42 Å². The Labute approximate surface area is 156 Å². The minimum atomic E-state index is -4.59. The Morgan fingerprint density at radius 1 is 1.43 bits per heavy atom. The number of rotatable bonds is 6. The molecule has 1 N–H and O–H groups in total. The van der Waals surface area contributed by atoms with Crippen LogP contribution >= 0.6 is 0 Å². The fourth-order valence-corrected chi connectivity index (χ4v) is 3.31. The van der Waals surface area contributed by atoms with Crippen molar-refractivity contribution in [2.24, 2.45) is 10.1 Å². The molecule has 2 rings (SSSR count). The van der Waals surface area contributed by atoms with Gasteiger partial charge in [-0.1, -0.05) is 5.16 Å². The number of oxime groups is 1. The Hall–Kier alpha value is -0.680. The molecule has 23 heavy (non-hydrogen) atoms. The van der Waals surface area contributed by atoms with Crippen LogP contribution < -0.4 is 34.7 Å². The predicted octanol–water partition coefficient (Wildman–Crippen LogP) is -3.51. The van der Waals surface area contributed by atoms with Gasteiger partial charge in [0.25, 0.3) is 5.91 Å². The monoisotopic (exact) mass is 355 g/mol. The third kappa shape index (κ3) is 5.15. The van der Waals surface area contributed by atoms with Gasteiger partial charge in [-0.05, 0) is 38.5 Å². The van der Waals surface area contributed by atoms with Gasteiger partial charge in [-0.3, -0.25) is 14.3 Å². The fraction of sp³-hybridized carbons (Fsp3) is 0.750. The molecule has 0 aromatic carbocycles. The summed E-state index contributed by atoms with van der Waals surface area (Å²) < 4.78 is 30.9. The molecule has 1 saturated carbocycles. The first-order valence-electron chi connectivity index (χ1n) is 7.03. The Bertz CT molecular complexity index is 598. The van der Waals surface area contributed by atoms with Crippen LogP contribution in [0.25, 0.3) is 0 Å². The van der Waals surface area contributed by atoms with Gasteiger partial charge in [0.2, 0.25) is 0 Å². The van der Waals surface area contributed by atoms with Crippen LogP contribution in [0.1, 0.15) is 39.0 Å². The Kier molecular flexibility index (Phi) is 7.46. The van der Waals surface area contributed by atoms with Crippen molar-refractivity contribution in [2.45, 2.75) is 51.1 Å². The van der Waals surface area contributed by atoms with Crippen molar-refractivity contribution in [2.75, 3.05) is 6.61 Å². The van der Waals surface area contributed by atoms with Gasteiger partial charge in [-0.25, -0.2) is 4.31 Å². The SMILES string of the molecule is C[C@H]1[C@H](N=C([O-])CCON=C2CCCC2)C(=O)N1S(=O)(=O)O.[Na+]. The molecule has 2 atom stereocenters. The molecule has 0 bridgehead atoms. The van der Waals surface area contributed by atoms with E-state index in [1.807, 2.05) is 0 Å². The number of hydrogen-bond acceptors (Lipinski definition) is 7. The van der Waals surface area contributed by atoms with Crippen LogP contribution in [0.15, 0.2) is 10.1 Å². The van der Waals surface area contributed by atoms with Gasteiger partial charge in [0.15, 0.2) is 0 Å². The standard InChI is InChI=1S/C12H19N3O6S.Na/c1-8-11(12(17)15(8)22(18,19)20)13-10(16)6-7-21-14-9-4-2-3-5-9;/h8,11H,2-7H2,1H3,(H,13,16)(H,18,19,20);/q;+1/p-1/t8-,11-;/m0./s1. The molecule has 9 nitrogen and oxygen atoms in total. The van der Waals surface area contributed by atoms with E-state index in [-0.39, 0.29) is 42.6 Å². The summed E-state index contributed by atoms with van der Waals surface area (Å²) in [5.74, 6) is -1.47. The van der Waals surface area contributed by atoms with Crippen molar-refractivity contribution in [1.29, 1.82) is 0 Å². The molecule has 1 aliphatic heterocycles. The Morgan fingerprint density at radius 3 is 2.57 bits per heavy atom. The average molecular weight is 355 g/mol. The van der Waals surface area contributed by atoms with Crippen LogP contribution in [0.4, 0.5) is 0 Å². The number of carbonyl (C=O) groups excluding carboxylic acids is 1. The summed E-state index contributed by atoms with van der Waals surface area (Å²) in [6, 6.07) is -1.94. The molecule has 1 amide bonds. The van der Waals surface area contributed by atoms with Crippen molar-refractivity contribution in [1.82, 2.24) is 4.31 Å². The normalized spacial score (nSPS) is 25.0. The summed E-state index contributed by atoms with van der Waals surface area (Å²) in [5.41, 5.74) is 0.982. The van der Waals surface area contributed by atoms with Gasteiger partial charge in [0.05, 0.1) is 11.8 Å². The molecule has 1 heterocycles. The number of hydrogen-bond donors (Lipinski definition) is 1. The van der Waals surface area contributed by atoms with E-state index in [0.29, 0.717) is 4.31 Å². The molecule has 2 fully saturated rings. The van der Waals surface area contributed by atoms with Crippen molar-refractivity contribution >= 4 is 27.8 Å². The molecule has 0 aromatic rings. The van der Waals surface area contributed by atoms with Crippen molar-refractivity contribution in [3.63, 3.8) is 0 Å². The van der Waals surface area contributed by atoms with Gasteiger partial charge in [0.1, 0.15) is 12.6 Å². The summed E-state index contributed by atoms with van der Waals surface area (Å²) in [5, 5.41) is 15.5. The van der Waals surface area contributed by atoms with Gasteiger partial charge >= 0.3 is 39.9 Å². The number of nitrogens with zero attached hydrogens (tertiary/aromatic N) is 3. The molecular weight excluding hydrogens is 337 g/mol. The zero-order chi connectivity index (χ0) is 16.3. The van der Waals surface area contributed by atoms with Crippen molar-refractivity contribution < 1.29 is 57.3 Å². The molecule has 2 aliphatic rings. The van der Waals surface area contributed by atoms with Crippen LogP contribution in [-0.4, -0.2) is 53.5 Å². The number of β-lactam (4-membered cyclic amide) rings is 1. The van der Waals surface area contributed by atoms with E-state index in [1.165, 1.54) is 6.92 Å². The minimum absolute atomic E-state index is 0. The first-order chi connectivity index (χ1) is 10.3. The number of carbonyl (C=O) groups is 1. The Morgan fingerprint density at radius 2 is 2.04 bits per heavy atom. The van der Waals surface area contributed by atoms with Crippen LogP contribution in [0, 0.1) is 0 Å². The maximum atomic E-state index is 11.6. The molecule has 1 aliphatic carbocycles. The second-order valence-electron chi connectivity index (χ2n) is 5.27. The Balaban J connectivity index is 0.00000264. The van der Waals surface area contributed by atoms with Gasteiger partial charge < -0.3 is 9.94 Å². The molecule has 0 spiro atoms. The third-order valence-corrected chi connectivity index (χ3v) is 4.62. The first kappa shape index (κ1) is 20.4. The summed E-state index contributed by atoms with van der Waals surface area (Å²) in [6.45, 7) is 1.45. The van der Waals surface area contributed by atoms with E-state index in [1.54, 1.807) is 0 Å². The molecule has 1 saturated heterocycles. The minimum Gasteiger partial charge on any atom is -0.862 e. The van der Waals surface area contributed by atoms with E-state index in [9.17, 15) is 18.3 Å². The molecular formula is C12H18N3NaO6S. The second kappa shape index (κ2) is 8.43. The number of aliphatic imine (C=N–C) groups is 1. The third-order valence-electron chi connectivity index (χ3n) is 3.61. The second-order valence-corrected chi connectivity index (χ2v) is 6.56. The van der Waals surface area contributed by atoms with E-state index in [4.69, 9.17) is 9.39 Å². The van der Waals surface area contributed by atoms with E-state index in [2.05, 4.69) is 10.1 Å². The summed E-state index contributed by atoms with van der Waals surface area (Å²) >= 11 is 0. The van der Waals surface area contributed by atoms with Gasteiger partial charge in [-0.15, -0.1) is 0 Å². The van der Waals surface area contributed by atoms with Gasteiger partial charge in [-0.2, -0.15) is 8.42 Å². The summed E-state index contributed by atoms with van der Waals surface area (Å²) in [4.78, 5) is 20.2. The van der Waals surface area contributed by atoms with Crippen LogP contribution in [0.2, 0.25) is 0 Å². The average Bonchev–Trinajstić information content (AvgIpc) is 2.93. The van der Waals surface area contributed by atoms with E-state index in [0.717, 1.165) is 31.4 Å². The van der Waals surface area contributed by atoms with Crippen LogP contribution in [0.5, 0.6) is 0 Å². The van der Waals surface area contributed by atoms with E-state index < -0.39 is 34.2 Å². The van der Waals surface area contributed by atoms with Crippen LogP contribution in [0.3, 0.4) is 0 Å². The zero-order valence-corrected chi connectivity index (χ0v) is 16.0.